The second kappa shape index (κ2) is 6.82. The lowest BCUT2D eigenvalue weighted by molar-refractivity contribution is 0.0524. The first-order chi connectivity index (χ1) is 11.0. The number of hydrazine groups is 1. The fourth-order valence-corrected chi connectivity index (χ4v) is 2.13. The van der Waals surface area contributed by atoms with Crippen LogP contribution in [0.15, 0.2) is 22.8 Å². The van der Waals surface area contributed by atoms with Crippen LogP contribution in [-0.2, 0) is 4.74 Å². The number of rotatable bonds is 4. The van der Waals surface area contributed by atoms with E-state index in [4.69, 9.17) is 9.15 Å². The fraction of sp³-hybridized carbons (Fsp3) is 0.267. The van der Waals surface area contributed by atoms with Gasteiger partial charge in [0, 0.05) is 5.69 Å². The first kappa shape index (κ1) is 16.3. The molecular weight excluding hydrogens is 302 g/mol. The summed E-state index contributed by atoms with van der Waals surface area (Å²) in [7, 11) is 0. The maximum absolute atomic E-state index is 12.1. The minimum Gasteiger partial charge on any atom is -0.462 e. The Morgan fingerprint density at radius 1 is 1.22 bits per heavy atom. The van der Waals surface area contributed by atoms with Gasteiger partial charge in [0.2, 0.25) is 0 Å². The molecule has 2 heterocycles. The molecule has 2 aromatic rings. The molecular formula is C15H17N3O5. The molecule has 8 heteroatoms. The summed E-state index contributed by atoms with van der Waals surface area (Å²) < 4.78 is 9.86. The summed E-state index contributed by atoms with van der Waals surface area (Å²) in [6.07, 6.45) is 1.35. The van der Waals surface area contributed by atoms with Gasteiger partial charge in [-0.1, -0.05) is 0 Å². The number of amides is 2. The first-order valence-electron chi connectivity index (χ1n) is 6.96. The van der Waals surface area contributed by atoms with Gasteiger partial charge >= 0.3 is 11.9 Å². The zero-order chi connectivity index (χ0) is 17.0. The Balaban J connectivity index is 2.09. The van der Waals surface area contributed by atoms with E-state index in [1.54, 1.807) is 26.8 Å². The van der Waals surface area contributed by atoms with E-state index in [-0.39, 0.29) is 18.1 Å². The van der Waals surface area contributed by atoms with Crippen LogP contribution in [0.1, 0.15) is 49.6 Å². The SMILES string of the molecule is CCOC(=O)c1c(C)[nH]c(C(=O)NNC(=O)c2ccco2)c1C. The largest absolute Gasteiger partial charge is 0.462 e. The van der Waals surface area contributed by atoms with Crippen LogP contribution in [0.3, 0.4) is 0 Å². The number of H-pyrrole nitrogens is 1. The molecule has 0 aliphatic carbocycles. The van der Waals surface area contributed by atoms with Crippen LogP contribution in [0.25, 0.3) is 0 Å². The van der Waals surface area contributed by atoms with Crippen LogP contribution >= 0.6 is 0 Å². The van der Waals surface area contributed by atoms with Crippen LogP contribution in [0, 0.1) is 13.8 Å². The third-order valence-corrected chi connectivity index (χ3v) is 3.18. The van der Waals surface area contributed by atoms with Crippen LogP contribution in [0.2, 0.25) is 0 Å². The van der Waals surface area contributed by atoms with Gasteiger partial charge in [0.05, 0.1) is 18.4 Å². The van der Waals surface area contributed by atoms with Crippen molar-refractivity contribution in [2.75, 3.05) is 6.61 Å². The highest BCUT2D eigenvalue weighted by Gasteiger charge is 2.23. The molecule has 0 aromatic carbocycles. The molecule has 0 atom stereocenters. The molecule has 2 rings (SSSR count). The normalized spacial score (nSPS) is 10.2. The Kier molecular flexibility index (Phi) is 4.85. The predicted octanol–water partition coefficient (Wildman–Crippen LogP) is 1.48. The first-order valence-corrected chi connectivity index (χ1v) is 6.96. The number of esters is 1. The molecule has 3 N–H and O–H groups in total. The van der Waals surface area contributed by atoms with Gasteiger partial charge in [-0.25, -0.2) is 4.79 Å². The van der Waals surface area contributed by atoms with E-state index in [9.17, 15) is 14.4 Å². The van der Waals surface area contributed by atoms with Crippen molar-refractivity contribution in [3.05, 3.63) is 46.7 Å². The van der Waals surface area contributed by atoms with Gasteiger partial charge in [-0.05, 0) is 38.5 Å². The molecule has 23 heavy (non-hydrogen) atoms. The van der Waals surface area contributed by atoms with Crippen LogP contribution < -0.4 is 10.9 Å². The molecule has 0 saturated carbocycles. The van der Waals surface area contributed by atoms with Crippen LogP contribution in [-0.4, -0.2) is 29.4 Å². The molecule has 2 aromatic heterocycles. The van der Waals surface area contributed by atoms with Crippen molar-refractivity contribution in [2.45, 2.75) is 20.8 Å². The number of carbonyl (C=O) groups excluding carboxylic acids is 3. The highest BCUT2D eigenvalue weighted by Crippen LogP contribution is 2.18. The Morgan fingerprint density at radius 3 is 2.52 bits per heavy atom. The lowest BCUT2D eigenvalue weighted by atomic mass is 10.1. The number of aryl methyl sites for hydroxylation is 1. The molecule has 0 fully saturated rings. The lowest BCUT2D eigenvalue weighted by Gasteiger charge is -2.06. The molecule has 8 nitrogen and oxygen atoms in total. The zero-order valence-electron chi connectivity index (χ0n) is 13.0. The van der Waals surface area contributed by atoms with E-state index in [2.05, 4.69) is 15.8 Å². The summed E-state index contributed by atoms with van der Waals surface area (Å²) in [5.41, 5.74) is 5.94. The fourth-order valence-electron chi connectivity index (χ4n) is 2.13. The Morgan fingerprint density at radius 2 is 1.91 bits per heavy atom. The highest BCUT2D eigenvalue weighted by atomic mass is 16.5. The van der Waals surface area contributed by atoms with Crippen LogP contribution in [0.5, 0.6) is 0 Å². The van der Waals surface area contributed by atoms with Crippen molar-refractivity contribution in [1.29, 1.82) is 0 Å². The molecule has 0 radical (unpaired) electrons. The van der Waals surface area contributed by atoms with Crippen molar-refractivity contribution in [3.8, 4) is 0 Å². The van der Waals surface area contributed by atoms with E-state index in [1.165, 1.54) is 12.3 Å². The smallest absolute Gasteiger partial charge is 0.340 e. The summed E-state index contributed by atoms with van der Waals surface area (Å²) >= 11 is 0. The van der Waals surface area contributed by atoms with E-state index in [0.29, 0.717) is 16.8 Å². The minimum atomic E-state index is -0.588. The van der Waals surface area contributed by atoms with Crippen molar-refractivity contribution >= 4 is 17.8 Å². The average Bonchev–Trinajstić information content (AvgIpc) is 3.13. The number of furan rings is 1. The van der Waals surface area contributed by atoms with Gasteiger partial charge in [-0.15, -0.1) is 0 Å². The number of aromatic nitrogens is 1. The molecule has 0 spiro atoms. The van der Waals surface area contributed by atoms with Crippen LogP contribution in [0.4, 0.5) is 0 Å². The summed E-state index contributed by atoms with van der Waals surface area (Å²) in [6.45, 7) is 5.23. The van der Waals surface area contributed by atoms with Crippen molar-refractivity contribution in [3.63, 3.8) is 0 Å². The van der Waals surface area contributed by atoms with E-state index < -0.39 is 17.8 Å². The zero-order valence-corrected chi connectivity index (χ0v) is 13.0. The molecule has 122 valence electrons. The van der Waals surface area contributed by atoms with Gasteiger partial charge in [-0.3, -0.25) is 20.4 Å². The topological polar surface area (TPSA) is 113 Å². The van der Waals surface area contributed by atoms with Gasteiger partial charge < -0.3 is 14.1 Å². The van der Waals surface area contributed by atoms with Crippen molar-refractivity contribution in [1.82, 2.24) is 15.8 Å². The molecule has 0 unspecified atom stereocenters. The second-order valence-electron chi connectivity index (χ2n) is 4.73. The Hall–Kier alpha value is -3.03. The Labute approximate surface area is 132 Å². The number of nitrogens with one attached hydrogen (secondary N) is 3. The minimum absolute atomic E-state index is 0.0666. The van der Waals surface area contributed by atoms with Gasteiger partial charge in [0.1, 0.15) is 5.69 Å². The lowest BCUT2D eigenvalue weighted by Crippen LogP contribution is -2.41. The predicted molar refractivity (Wildman–Crippen MR) is 79.9 cm³/mol. The van der Waals surface area contributed by atoms with Gasteiger partial charge in [0.15, 0.2) is 5.76 Å². The third-order valence-electron chi connectivity index (χ3n) is 3.18. The number of aromatic amines is 1. The highest BCUT2D eigenvalue weighted by molar-refractivity contribution is 6.01. The average molecular weight is 319 g/mol. The summed E-state index contributed by atoms with van der Waals surface area (Å²) in [4.78, 5) is 38.5. The van der Waals surface area contributed by atoms with Gasteiger partial charge in [-0.2, -0.15) is 0 Å². The maximum atomic E-state index is 12.1. The summed E-state index contributed by atoms with van der Waals surface area (Å²) in [6, 6.07) is 3.02. The van der Waals surface area contributed by atoms with Crippen molar-refractivity contribution < 1.29 is 23.5 Å². The molecule has 0 aliphatic rings. The van der Waals surface area contributed by atoms with Crippen molar-refractivity contribution in [2.24, 2.45) is 0 Å². The van der Waals surface area contributed by atoms with Gasteiger partial charge in [0.25, 0.3) is 5.91 Å². The van der Waals surface area contributed by atoms with E-state index >= 15 is 0 Å². The molecule has 0 saturated heterocycles. The van der Waals surface area contributed by atoms with E-state index in [0.717, 1.165) is 0 Å². The Bertz CT molecular complexity index is 731. The maximum Gasteiger partial charge on any atom is 0.340 e. The monoisotopic (exact) mass is 319 g/mol. The number of ether oxygens (including phenoxy) is 1. The number of hydrogen-bond donors (Lipinski definition) is 3. The summed E-state index contributed by atoms with van der Waals surface area (Å²) in [5, 5.41) is 0. The summed E-state index contributed by atoms with van der Waals surface area (Å²) in [5.74, 6) is -1.61. The third kappa shape index (κ3) is 3.42. The van der Waals surface area contributed by atoms with E-state index in [1.807, 2.05) is 0 Å². The number of carbonyl (C=O) groups is 3. The molecule has 2 amide bonds. The molecule has 0 aliphatic heterocycles. The standard InChI is InChI=1S/C15H17N3O5/c1-4-22-15(21)11-8(2)12(16-9(11)3)14(20)18-17-13(19)10-6-5-7-23-10/h5-7,16H,4H2,1-3H3,(H,17,19)(H,18,20). The number of hydrogen-bond acceptors (Lipinski definition) is 5. The quantitative estimate of drug-likeness (QED) is 0.583. The second-order valence-corrected chi connectivity index (χ2v) is 4.73. The molecule has 0 bridgehead atoms.